The van der Waals surface area contributed by atoms with Gasteiger partial charge in [0.2, 0.25) is 0 Å². The van der Waals surface area contributed by atoms with Gasteiger partial charge in [0.15, 0.2) is 0 Å². The summed E-state index contributed by atoms with van der Waals surface area (Å²) in [7, 11) is 1.70. The third-order valence-electron chi connectivity index (χ3n) is 4.04. The van der Waals surface area contributed by atoms with Crippen LogP contribution in [0.1, 0.15) is 43.4 Å². The molecular weight excluding hydrogens is 364 g/mol. The van der Waals surface area contributed by atoms with Crippen LogP contribution < -0.4 is 11.1 Å². The van der Waals surface area contributed by atoms with E-state index in [9.17, 15) is 18.4 Å². The number of nitrogens with zero attached hydrogens (tertiary/aromatic N) is 3. The van der Waals surface area contributed by atoms with E-state index in [1.54, 1.807) is 20.9 Å². The molecule has 0 aromatic carbocycles. The van der Waals surface area contributed by atoms with E-state index in [1.807, 2.05) is 0 Å². The summed E-state index contributed by atoms with van der Waals surface area (Å²) in [5.74, 6) is -1.25. The fourth-order valence-corrected chi connectivity index (χ4v) is 3.68. The summed E-state index contributed by atoms with van der Waals surface area (Å²) in [6.07, 6.45) is -1.34. The van der Waals surface area contributed by atoms with E-state index in [0.29, 0.717) is 22.2 Å². The van der Waals surface area contributed by atoms with E-state index < -0.39 is 23.9 Å². The Labute approximate surface area is 150 Å². The Kier molecular flexibility index (Phi) is 4.45. The molecular formula is C16H15F2N5O2S. The maximum absolute atomic E-state index is 13.0. The molecule has 2 amide bonds. The van der Waals surface area contributed by atoms with Gasteiger partial charge in [-0.15, -0.1) is 11.3 Å². The van der Waals surface area contributed by atoms with E-state index in [2.05, 4.69) is 15.4 Å². The van der Waals surface area contributed by atoms with Crippen molar-refractivity contribution in [1.29, 1.82) is 0 Å². The zero-order valence-electron chi connectivity index (χ0n) is 14.1. The van der Waals surface area contributed by atoms with Gasteiger partial charge in [-0.3, -0.25) is 14.3 Å². The average molecular weight is 379 g/mol. The van der Waals surface area contributed by atoms with Crippen LogP contribution >= 0.6 is 11.3 Å². The van der Waals surface area contributed by atoms with Crippen molar-refractivity contribution in [1.82, 2.24) is 14.8 Å². The Morgan fingerprint density at radius 1 is 1.35 bits per heavy atom. The molecule has 7 nitrogen and oxygen atoms in total. The molecule has 26 heavy (non-hydrogen) atoms. The molecule has 0 saturated heterocycles. The highest BCUT2D eigenvalue weighted by Crippen LogP contribution is 2.38. The zero-order chi connectivity index (χ0) is 19.2. The van der Waals surface area contributed by atoms with E-state index in [0.717, 1.165) is 11.3 Å². The van der Waals surface area contributed by atoms with Crippen molar-refractivity contribution in [2.24, 2.45) is 12.8 Å². The zero-order valence-corrected chi connectivity index (χ0v) is 14.9. The number of hydrogen-bond acceptors (Lipinski definition) is 5. The number of thiophene rings is 1. The Balaban J connectivity index is 2.14. The molecule has 0 saturated carbocycles. The van der Waals surface area contributed by atoms with Gasteiger partial charge >= 0.3 is 0 Å². The number of aryl methyl sites for hydroxylation is 2. The highest BCUT2D eigenvalue weighted by atomic mass is 32.1. The molecule has 3 N–H and O–H groups in total. The lowest BCUT2D eigenvalue weighted by atomic mass is 10.1. The Hall–Kier alpha value is -2.88. The molecule has 10 heteroatoms. The number of hydrogen-bond donors (Lipinski definition) is 2. The highest BCUT2D eigenvalue weighted by Gasteiger charge is 2.24. The minimum absolute atomic E-state index is 0.0527. The quantitative estimate of drug-likeness (QED) is 0.727. The van der Waals surface area contributed by atoms with E-state index in [4.69, 9.17) is 5.73 Å². The van der Waals surface area contributed by atoms with Crippen molar-refractivity contribution in [2.75, 3.05) is 5.32 Å². The number of nitrogens with one attached hydrogen (secondary N) is 1. The molecule has 3 aromatic rings. The van der Waals surface area contributed by atoms with Crippen molar-refractivity contribution < 1.29 is 18.4 Å². The third-order valence-corrected chi connectivity index (χ3v) is 5.14. The molecule has 0 unspecified atom stereocenters. The number of primary amides is 1. The van der Waals surface area contributed by atoms with Crippen LogP contribution in [0.4, 0.5) is 14.5 Å². The van der Waals surface area contributed by atoms with Crippen molar-refractivity contribution in [3.8, 4) is 0 Å². The number of rotatable bonds is 4. The van der Waals surface area contributed by atoms with Crippen LogP contribution in [-0.2, 0) is 7.05 Å². The number of fused-ring (bicyclic) bond motifs is 1. The molecule has 3 heterocycles. The van der Waals surface area contributed by atoms with Gasteiger partial charge in [0, 0.05) is 18.1 Å². The van der Waals surface area contributed by atoms with Crippen LogP contribution in [0.3, 0.4) is 0 Å². The second-order valence-corrected chi connectivity index (χ2v) is 6.74. The number of carbonyl (C=O) groups is 2. The predicted molar refractivity (Wildman–Crippen MR) is 93.7 cm³/mol. The molecule has 3 aromatic heterocycles. The molecule has 0 aliphatic carbocycles. The lowest BCUT2D eigenvalue weighted by Gasteiger charge is -2.08. The number of anilines is 1. The number of nitrogens with two attached hydrogens (primary N) is 1. The number of carbonyl (C=O) groups excluding carboxylic acids is 2. The second-order valence-electron chi connectivity index (χ2n) is 5.74. The van der Waals surface area contributed by atoms with Gasteiger partial charge in [-0.2, -0.15) is 5.10 Å². The smallest absolute Gasteiger partial charge is 0.280 e. The summed E-state index contributed by atoms with van der Waals surface area (Å²) in [4.78, 5) is 28.6. The Bertz CT molecular complexity index is 1040. The average Bonchev–Trinajstić information content (AvgIpc) is 3.09. The topological polar surface area (TPSA) is 103 Å². The Morgan fingerprint density at radius 3 is 2.58 bits per heavy atom. The van der Waals surface area contributed by atoms with Crippen LogP contribution in [0.2, 0.25) is 0 Å². The molecule has 3 rings (SSSR count). The minimum atomic E-state index is -2.74. The van der Waals surface area contributed by atoms with Crippen molar-refractivity contribution in [2.45, 2.75) is 20.3 Å². The van der Waals surface area contributed by atoms with Gasteiger partial charge < -0.3 is 11.1 Å². The van der Waals surface area contributed by atoms with Gasteiger partial charge in [0.25, 0.3) is 18.2 Å². The molecule has 0 atom stereocenters. The molecule has 0 spiro atoms. The largest absolute Gasteiger partial charge is 0.365 e. The lowest BCUT2D eigenvalue weighted by molar-refractivity contribution is 0.100. The second kappa shape index (κ2) is 6.45. The SMILES string of the molecule is Cc1cc(C(F)F)nc2sc(C(N)=O)c(NC(=O)c3cnn(C)c3C)c12. The van der Waals surface area contributed by atoms with Gasteiger partial charge in [0.05, 0.1) is 17.4 Å². The van der Waals surface area contributed by atoms with Crippen LogP contribution in [-0.4, -0.2) is 26.6 Å². The summed E-state index contributed by atoms with van der Waals surface area (Å²) in [5, 5.41) is 7.09. The summed E-state index contributed by atoms with van der Waals surface area (Å²) < 4.78 is 27.5. The number of aromatic nitrogens is 3. The van der Waals surface area contributed by atoms with E-state index in [1.165, 1.54) is 16.9 Å². The first-order chi connectivity index (χ1) is 12.2. The van der Waals surface area contributed by atoms with E-state index >= 15 is 0 Å². The minimum Gasteiger partial charge on any atom is -0.365 e. The normalized spacial score (nSPS) is 11.3. The van der Waals surface area contributed by atoms with Gasteiger partial charge in [-0.05, 0) is 25.5 Å². The molecule has 0 fully saturated rings. The van der Waals surface area contributed by atoms with Gasteiger partial charge in [-0.1, -0.05) is 0 Å². The van der Waals surface area contributed by atoms with Gasteiger partial charge in [-0.25, -0.2) is 13.8 Å². The molecule has 0 bridgehead atoms. The first kappa shape index (κ1) is 17.9. The van der Waals surface area contributed by atoms with E-state index in [-0.39, 0.29) is 15.4 Å². The number of pyridine rings is 1. The monoisotopic (exact) mass is 379 g/mol. The van der Waals surface area contributed by atoms with Crippen LogP contribution in [0.5, 0.6) is 0 Å². The van der Waals surface area contributed by atoms with Crippen LogP contribution in [0.15, 0.2) is 12.3 Å². The maximum Gasteiger partial charge on any atom is 0.280 e. The molecule has 136 valence electrons. The first-order valence-corrected chi connectivity index (χ1v) is 8.34. The molecule has 0 aliphatic rings. The summed E-state index contributed by atoms with van der Waals surface area (Å²) in [6, 6.07) is 1.23. The fraction of sp³-hybridized carbons (Fsp3) is 0.250. The van der Waals surface area contributed by atoms with Crippen LogP contribution in [0, 0.1) is 13.8 Å². The number of halogens is 2. The first-order valence-electron chi connectivity index (χ1n) is 7.52. The van der Waals surface area contributed by atoms with Gasteiger partial charge in [0.1, 0.15) is 15.4 Å². The highest BCUT2D eigenvalue weighted by molar-refractivity contribution is 7.21. The fourth-order valence-electron chi connectivity index (χ4n) is 2.61. The third kappa shape index (κ3) is 2.92. The summed E-state index contributed by atoms with van der Waals surface area (Å²) in [6.45, 7) is 3.34. The van der Waals surface area contributed by atoms with Crippen molar-refractivity contribution in [3.63, 3.8) is 0 Å². The molecule has 0 radical (unpaired) electrons. The number of amides is 2. The van der Waals surface area contributed by atoms with Crippen molar-refractivity contribution in [3.05, 3.63) is 39.7 Å². The Morgan fingerprint density at radius 2 is 2.04 bits per heavy atom. The maximum atomic E-state index is 13.0. The predicted octanol–water partition coefficient (Wildman–Crippen LogP) is 2.94. The number of alkyl halides is 2. The van der Waals surface area contributed by atoms with Crippen LogP contribution in [0.25, 0.3) is 10.2 Å². The van der Waals surface area contributed by atoms with Crippen molar-refractivity contribution >= 4 is 39.1 Å². The summed E-state index contributed by atoms with van der Waals surface area (Å²) in [5.41, 5.74) is 6.62. The lowest BCUT2D eigenvalue weighted by Crippen LogP contribution is -2.17. The summed E-state index contributed by atoms with van der Waals surface area (Å²) >= 11 is 0.870. The molecule has 0 aliphatic heterocycles. The standard InChI is InChI=1S/C16H15F2N5O2S/c1-6-4-9(13(17)18)21-16-10(6)11(12(26-16)14(19)24)22-15(25)8-5-20-23(3)7(8)2/h4-5,13H,1-3H3,(H2,19,24)(H,22,25).